The molecule has 1 fully saturated rings. The molecule has 1 rings (SSSR count). The van der Waals surface area contributed by atoms with E-state index in [1.807, 2.05) is 0 Å². The van der Waals surface area contributed by atoms with Gasteiger partial charge in [-0.05, 0) is 0 Å². The Bertz CT molecular complexity index is 609. The Labute approximate surface area is 158 Å². The molecular weight excluding hydrogens is 487 g/mol. The molecule has 0 aromatic heterocycles. The molecule has 0 radical (unpaired) electrons. The van der Waals surface area contributed by atoms with Crippen molar-refractivity contribution in [2.75, 3.05) is 13.1 Å². The van der Waals surface area contributed by atoms with E-state index in [1.165, 1.54) is 0 Å². The second kappa shape index (κ2) is 6.90. The van der Waals surface area contributed by atoms with Crippen LogP contribution in [0.4, 0.5) is 61.1 Å². The molecule has 178 valence electrons. The normalized spacial score (nSPS) is 24.8. The third-order valence-electron chi connectivity index (χ3n) is 3.79. The SMILES string of the molecule is C=CCN(CC=C)P1(F)(F)OC(C(F)(F)F)(C(F)(F)F)C(C(F)(F)F)(C(F)(F)F)O1. The molecule has 3 nitrogen and oxygen atoms in total. The number of halogens is 14. The van der Waals surface area contributed by atoms with E-state index in [0.717, 1.165) is 0 Å². The zero-order chi connectivity index (χ0) is 24.3. The minimum absolute atomic E-state index is 0.341. The van der Waals surface area contributed by atoms with E-state index in [9.17, 15) is 61.1 Å². The molecule has 0 unspecified atom stereocenters. The predicted octanol–water partition coefficient (Wildman–Crippen LogP) is 6.50. The van der Waals surface area contributed by atoms with Crippen LogP contribution in [0.25, 0.3) is 0 Å². The molecule has 1 heterocycles. The fourth-order valence-electron chi connectivity index (χ4n) is 2.66. The van der Waals surface area contributed by atoms with Gasteiger partial charge in [0.15, 0.2) is 0 Å². The van der Waals surface area contributed by atoms with Crippen LogP contribution in [-0.2, 0) is 9.05 Å². The van der Waals surface area contributed by atoms with E-state index >= 15 is 0 Å². The van der Waals surface area contributed by atoms with Crippen molar-refractivity contribution < 1.29 is 70.1 Å². The van der Waals surface area contributed by atoms with Gasteiger partial charge in [-0.25, -0.2) is 0 Å². The van der Waals surface area contributed by atoms with Crippen molar-refractivity contribution in [2.24, 2.45) is 0 Å². The summed E-state index contributed by atoms with van der Waals surface area (Å²) in [6, 6.07) is 0. The van der Waals surface area contributed by atoms with Gasteiger partial charge in [-0.15, -0.1) is 0 Å². The van der Waals surface area contributed by atoms with Gasteiger partial charge in [-0.2, -0.15) is 0 Å². The molecule has 0 atom stereocenters. The molecule has 0 aromatic rings. The number of hydrogen-bond donors (Lipinski definition) is 0. The molecule has 1 saturated heterocycles. The van der Waals surface area contributed by atoms with Crippen LogP contribution in [0.2, 0.25) is 0 Å². The molecular formula is C12H10F14NO2P. The van der Waals surface area contributed by atoms with Crippen molar-refractivity contribution >= 4 is 7.83 Å². The van der Waals surface area contributed by atoms with Gasteiger partial charge < -0.3 is 0 Å². The summed E-state index contributed by atoms with van der Waals surface area (Å²) in [5, 5.41) is 0. The van der Waals surface area contributed by atoms with Gasteiger partial charge in [-0.3, -0.25) is 0 Å². The van der Waals surface area contributed by atoms with Crippen LogP contribution < -0.4 is 0 Å². The summed E-state index contributed by atoms with van der Waals surface area (Å²) in [5.41, 5.74) is -15.1. The molecule has 0 aromatic carbocycles. The molecule has 0 bridgehead atoms. The summed E-state index contributed by atoms with van der Waals surface area (Å²) in [7, 11) is -9.16. The molecule has 30 heavy (non-hydrogen) atoms. The van der Waals surface area contributed by atoms with Crippen LogP contribution in [0.15, 0.2) is 25.3 Å². The minimum atomic E-state index is -9.16. The molecule has 0 saturated carbocycles. The molecule has 1 aliphatic rings. The van der Waals surface area contributed by atoms with Gasteiger partial charge in [0.25, 0.3) is 0 Å². The van der Waals surface area contributed by atoms with Crippen LogP contribution in [0.1, 0.15) is 0 Å². The zero-order valence-corrected chi connectivity index (χ0v) is 14.9. The Balaban J connectivity index is 4.25. The third-order valence-corrected chi connectivity index (χ3v) is 6.14. The quantitative estimate of drug-likeness (QED) is 0.246. The summed E-state index contributed by atoms with van der Waals surface area (Å²) in [6.45, 7) is 2.55. The Morgan fingerprint density at radius 1 is 0.633 bits per heavy atom. The van der Waals surface area contributed by atoms with Crippen LogP contribution in [-0.4, -0.2) is 53.7 Å². The van der Waals surface area contributed by atoms with Gasteiger partial charge in [0.1, 0.15) is 0 Å². The molecule has 0 N–H and O–H groups in total. The van der Waals surface area contributed by atoms with Gasteiger partial charge >= 0.3 is 157 Å². The van der Waals surface area contributed by atoms with Crippen molar-refractivity contribution in [2.45, 2.75) is 35.9 Å². The Kier molecular flexibility index (Phi) is 6.18. The van der Waals surface area contributed by atoms with Crippen LogP contribution in [0.5, 0.6) is 0 Å². The van der Waals surface area contributed by atoms with E-state index < -0.39 is 61.5 Å². The van der Waals surface area contributed by atoms with E-state index in [2.05, 4.69) is 22.2 Å². The van der Waals surface area contributed by atoms with Crippen molar-refractivity contribution in [3.05, 3.63) is 25.3 Å². The third kappa shape index (κ3) is 3.46. The molecule has 0 spiro atoms. The average molecular weight is 497 g/mol. The standard InChI is InChI=1S/C12H10F14NO2P/c1-3-5-27(6-4-2)30(25,26)28-7(9(13,14)15,10(16,17)18)8(29-30,11(19,20)21)12(22,23)24/h3-4H,1-2,5-6H2. The maximum absolute atomic E-state index is 15.0. The van der Waals surface area contributed by atoms with E-state index in [1.54, 1.807) is 0 Å². The second-order valence-electron chi connectivity index (χ2n) is 5.71. The first-order valence-electron chi connectivity index (χ1n) is 7.09. The first-order chi connectivity index (χ1) is 13.0. The van der Waals surface area contributed by atoms with Gasteiger partial charge in [-0.1, -0.05) is 0 Å². The zero-order valence-electron chi connectivity index (χ0n) is 14.0. The molecule has 0 aliphatic carbocycles. The fourth-order valence-corrected chi connectivity index (χ4v) is 5.23. The monoisotopic (exact) mass is 497 g/mol. The topological polar surface area (TPSA) is 21.7 Å². The van der Waals surface area contributed by atoms with Crippen LogP contribution in [0.3, 0.4) is 0 Å². The molecule has 0 amide bonds. The first kappa shape index (κ1) is 26.8. The van der Waals surface area contributed by atoms with Crippen LogP contribution in [0, 0.1) is 0 Å². The van der Waals surface area contributed by atoms with Crippen LogP contribution >= 0.6 is 7.83 Å². The maximum atomic E-state index is 15.0. The van der Waals surface area contributed by atoms with E-state index in [-0.39, 0.29) is 0 Å². The van der Waals surface area contributed by atoms with Gasteiger partial charge in [0.2, 0.25) is 0 Å². The van der Waals surface area contributed by atoms with Gasteiger partial charge in [0.05, 0.1) is 0 Å². The van der Waals surface area contributed by atoms with Crippen molar-refractivity contribution in [1.82, 2.24) is 4.67 Å². The van der Waals surface area contributed by atoms with E-state index in [0.29, 0.717) is 12.2 Å². The Morgan fingerprint density at radius 2 is 0.867 bits per heavy atom. The summed E-state index contributed by atoms with van der Waals surface area (Å²) in [4.78, 5) is 0. The second-order valence-corrected chi connectivity index (χ2v) is 8.10. The number of rotatable bonds is 5. The molecule has 1 aliphatic heterocycles. The number of hydrogen-bond acceptors (Lipinski definition) is 3. The Hall–Kier alpha value is -1.19. The van der Waals surface area contributed by atoms with Crippen molar-refractivity contribution in [1.29, 1.82) is 0 Å². The van der Waals surface area contributed by atoms with E-state index in [4.69, 9.17) is 0 Å². The number of nitrogens with zero attached hydrogens (tertiary/aromatic N) is 1. The predicted molar refractivity (Wildman–Crippen MR) is 73.0 cm³/mol. The summed E-state index contributed by atoms with van der Waals surface area (Å²) in [6.07, 6.45) is -30.2. The van der Waals surface area contributed by atoms with Crippen molar-refractivity contribution in [3.8, 4) is 0 Å². The fraction of sp³-hybridized carbons (Fsp3) is 0.667. The summed E-state index contributed by atoms with van der Waals surface area (Å²) >= 11 is 0. The van der Waals surface area contributed by atoms with Crippen molar-refractivity contribution in [3.63, 3.8) is 0 Å². The Morgan fingerprint density at radius 3 is 1.03 bits per heavy atom. The summed E-state index contributed by atoms with van der Waals surface area (Å²) < 4.78 is 194. The summed E-state index contributed by atoms with van der Waals surface area (Å²) in [5.74, 6) is 0. The first-order valence-corrected chi connectivity index (χ1v) is 8.90. The van der Waals surface area contributed by atoms with Gasteiger partial charge in [0, 0.05) is 0 Å². The molecule has 18 heteroatoms. The number of alkyl halides is 12. The average Bonchev–Trinajstić information content (AvgIpc) is 2.75.